The molecule has 150 valence electrons. The maximum Gasteiger partial charge on any atom is 0.266 e. The monoisotopic (exact) mass is 412 g/mol. The third-order valence-corrected chi connectivity index (χ3v) is 5.38. The van der Waals surface area contributed by atoms with Gasteiger partial charge in [0.2, 0.25) is 0 Å². The van der Waals surface area contributed by atoms with E-state index in [1.165, 1.54) is 0 Å². The summed E-state index contributed by atoms with van der Waals surface area (Å²) in [6.45, 7) is 1.18. The van der Waals surface area contributed by atoms with Crippen LogP contribution < -0.4 is 19.4 Å². The molecule has 2 heterocycles. The molecule has 3 aromatic rings. The SMILES string of the molecule is COc1ccc(OC)c(NC(=O)C[n+]2cc(-c3ccc(Cl)cc3)n3c2CCC3)c1. The largest absolute Gasteiger partial charge is 0.497 e. The first-order valence-electron chi connectivity index (χ1n) is 9.48. The molecule has 4 rings (SSSR count). The molecule has 0 saturated heterocycles. The Balaban J connectivity index is 1.58. The van der Waals surface area contributed by atoms with Crippen molar-refractivity contribution in [1.29, 1.82) is 0 Å². The van der Waals surface area contributed by atoms with E-state index < -0.39 is 0 Å². The van der Waals surface area contributed by atoms with Gasteiger partial charge in [0.1, 0.15) is 17.7 Å². The molecule has 0 aliphatic carbocycles. The van der Waals surface area contributed by atoms with Crippen LogP contribution in [0, 0.1) is 0 Å². The van der Waals surface area contributed by atoms with E-state index in [4.69, 9.17) is 21.1 Å². The Morgan fingerprint density at radius 3 is 2.69 bits per heavy atom. The number of hydrogen-bond acceptors (Lipinski definition) is 3. The molecule has 0 bridgehead atoms. The second-order valence-electron chi connectivity index (χ2n) is 6.93. The molecule has 0 spiro atoms. The van der Waals surface area contributed by atoms with Crippen LogP contribution in [0.2, 0.25) is 5.02 Å². The summed E-state index contributed by atoms with van der Waals surface area (Å²) in [6.07, 6.45) is 4.06. The number of carbonyl (C=O) groups is 1. The van der Waals surface area contributed by atoms with E-state index in [1.54, 1.807) is 32.4 Å². The minimum absolute atomic E-state index is 0.121. The topological polar surface area (TPSA) is 56.4 Å². The van der Waals surface area contributed by atoms with Gasteiger partial charge in [-0.05, 0) is 42.8 Å². The number of nitrogens with zero attached hydrogens (tertiary/aromatic N) is 2. The second-order valence-corrected chi connectivity index (χ2v) is 7.37. The number of carbonyl (C=O) groups excluding carboxylic acids is 1. The van der Waals surface area contributed by atoms with Gasteiger partial charge in [-0.15, -0.1) is 0 Å². The number of methoxy groups -OCH3 is 2. The number of rotatable bonds is 6. The van der Waals surface area contributed by atoms with E-state index in [0.717, 1.165) is 36.5 Å². The van der Waals surface area contributed by atoms with Gasteiger partial charge < -0.3 is 14.8 Å². The molecule has 2 aromatic carbocycles. The van der Waals surface area contributed by atoms with Crippen LogP contribution in [0.4, 0.5) is 5.69 Å². The number of imidazole rings is 1. The summed E-state index contributed by atoms with van der Waals surface area (Å²) in [4.78, 5) is 12.8. The Morgan fingerprint density at radius 1 is 1.17 bits per heavy atom. The van der Waals surface area contributed by atoms with Crippen LogP contribution in [0.1, 0.15) is 12.2 Å². The maximum atomic E-state index is 12.8. The number of nitrogens with one attached hydrogen (secondary N) is 1. The summed E-state index contributed by atoms with van der Waals surface area (Å²) in [7, 11) is 3.16. The molecule has 1 N–H and O–H groups in total. The summed E-state index contributed by atoms with van der Waals surface area (Å²) in [5.41, 5.74) is 2.78. The van der Waals surface area contributed by atoms with E-state index in [9.17, 15) is 4.79 Å². The summed E-state index contributed by atoms with van der Waals surface area (Å²) in [6, 6.07) is 13.1. The summed E-state index contributed by atoms with van der Waals surface area (Å²) in [5, 5.41) is 3.65. The third-order valence-electron chi connectivity index (χ3n) is 5.13. The number of ether oxygens (including phenoxy) is 2. The van der Waals surface area contributed by atoms with Crippen LogP contribution in [0.3, 0.4) is 0 Å². The van der Waals surface area contributed by atoms with E-state index in [0.29, 0.717) is 22.2 Å². The van der Waals surface area contributed by atoms with Crippen LogP contribution in [0.15, 0.2) is 48.7 Å². The van der Waals surface area contributed by atoms with Gasteiger partial charge in [-0.2, -0.15) is 0 Å². The lowest BCUT2D eigenvalue weighted by molar-refractivity contribution is -0.690. The number of halogens is 1. The quantitative estimate of drug-likeness (QED) is 0.628. The molecule has 1 aromatic heterocycles. The highest BCUT2D eigenvalue weighted by Gasteiger charge is 2.29. The smallest absolute Gasteiger partial charge is 0.266 e. The molecular weight excluding hydrogens is 390 g/mol. The fraction of sp³-hybridized carbons (Fsp3) is 0.273. The van der Waals surface area contributed by atoms with Crippen molar-refractivity contribution >= 4 is 23.2 Å². The van der Waals surface area contributed by atoms with Crippen molar-refractivity contribution in [3.63, 3.8) is 0 Å². The fourth-order valence-corrected chi connectivity index (χ4v) is 3.88. The molecular formula is C22H23ClN3O3+. The van der Waals surface area contributed by atoms with Gasteiger partial charge in [-0.1, -0.05) is 11.6 Å². The van der Waals surface area contributed by atoms with Crippen molar-refractivity contribution in [1.82, 2.24) is 4.57 Å². The summed E-state index contributed by atoms with van der Waals surface area (Å²) >= 11 is 6.03. The van der Waals surface area contributed by atoms with Crippen molar-refractivity contribution in [2.45, 2.75) is 25.9 Å². The van der Waals surface area contributed by atoms with Crippen molar-refractivity contribution in [2.75, 3.05) is 19.5 Å². The maximum absolute atomic E-state index is 12.8. The van der Waals surface area contributed by atoms with E-state index >= 15 is 0 Å². The van der Waals surface area contributed by atoms with Gasteiger partial charge in [0.05, 0.1) is 32.9 Å². The number of anilines is 1. The Morgan fingerprint density at radius 2 is 1.97 bits per heavy atom. The lowest BCUT2D eigenvalue weighted by Gasteiger charge is -2.11. The van der Waals surface area contributed by atoms with Crippen LogP contribution in [0.5, 0.6) is 11.5 Å². The molecule has 0 unspecified atom stereocenters. The van der Waals surface area contributed by atoms with Gasteiger partial charge in [-0.3, -0.25) is 4.79 Å². The number of aromatic nitrogens is 2. The van der Waals surface area contributed by atoms with Crippen LogP contribution in [-0.2, 0) is 24.3 Å². The average Bonchev–Trinajstić information content (AvgIpc) is 3.32. The molecule has 1 amide bonds. The summed E-state index contributed by atoms with van der Waals surface area (Å²) < 4.78 is 14.9. The lowest BCUT2D eigenvalue weighted by atomic mass is 10.2. The van der Waals surface area contributed by atoms with Crippen molar-refractivity contribution < 1.29 is 18.8 Å². The summed E-state index contributed by atoms with van der Waals surface area (Å²) in [5.74, 6) is 2.28. The van der Waals surface area contributed by atoms with Gasteiger partial charge in [0.15, 0.2) is 12.2 Å². The Hall–Kier alpha value is -2.99. The minimum atomic E-state index is -0.121. The predicted molar refractivity (Wildman–Crippen MR) is 112 cm³/mol. The average molecular weight is 413 g/mol. The Labute approximate surface area is 174 Å². The van der Waals surface area contributed by atoms with E-state index in [2.05, 4.69) is 9.88 Å². The highest BCUT2D eigenvalue weighted by molar-refractivity contribution is 6.30. The standard InChI is InChI=1S/C22H22ClN3O3/c1-28-17-9-10-20(29-2)18(12-17)24-21(27)14-25-13-19(26-11-3-4-22(25)26)15-5-7-16(23)8-6-15/h5-10,12-13H,3-4,11,14H2,1-2H3/p+1. The molecule has 0 fully saturated rings. The lowest BCUT2D eigenvalue weighted by Crippen LogP contribution is -2.42. The Bertz CT molecular complexity index is 1040. The molecule has 29 heavy (non-hydrogen) atoms. The molecule has 0 saturated carbocycles. The number of fused-ring (bicyclic) bond motifs is 1. The number of amides is 1. The molecule has 0 atom stereocenters. The van der Waals surface area contributed by atoms with Crippen LogP contribution in [0.25, 0.3) is 11.3 Å². The molecule has 1 aliphatic heterocycles. The minimum Gasteiger partial charge on any atom is -0.497 e. The molecule has 0 radical (unpaired) electrons. The van der Waals surface area contributed by atoms with Gasteiger partial charge in [-0.25, -0.2) is 9.13 Å². The van der Waals surface area contributed by atoms with E-state index in [1.807, 2.05) is 35.0 Å². The van der Waals surface area contributed by atoms with Crippen molar-refractivity contribution in [3.05, 3.63) is 59.5 Å². The third kappa shape index (κ3) is 3.93. The van der Waals surface area contributed by atoms with Crippen LogP contribution in [-0.4, -0.2) is 24.7 Å². The van der Waals surface area contributed by atoms with Gasteiger partial charge in [0, 0.05) is 16.7 Å². The van der Waals surface area contributed by atoms with Crippen molar-refractivity contribution in [3.8, 4) is 22.8 Å². The number of benzene rings is 2. The van der Waals surface area contributed by atoms with E-state index in [-0.39, 0.29) is 12.5 Å². The zero-order valence-corrected chi connectivity index (χ0v) is 17.2. The predicted octanol–water partition coefficient (Wildman–Crippen LogP) is 3.70. The first-order valence-corrected chi connectivity index (χ1v) is 9.86. The van der Waals surface area contributed by atoms with Gasteiger partial charge in [0.25, 0.3) is 11.7 Å². The van der Waals surface area contributed by atoms with Crippen LogP contribution >= 0.6 is 11.6 Å². The zero-order valence-electron chi connectivity index (χ0n) is 16.4. The zero-order chi connectivity index (χ0) is 20.4. The Kier molecular flexibility index (Phi) is 5.45. The highest BCUT2D eigenvalue weighted by Crippen LogP contribution is 2.29. The fourth-order valence-electron chi connectivity index (χ4n) is 3.75. The second kappa shape index (κ2) is 8.17. The molecule has 6 nitrogen and oxygen atoms in total. The molecule has 7 heteroatoms. The van der Waals surface area contributed by atoms with Crippen molar-refractivity contribution in [2.24, 2.45) is 0 Å². The first-order chi connectivity index (χ1) is 14.1. The highest BCUT2D eigenvalue weighted by atomic mass is 35.5. The molecule has 1 aliphatic rings. The first kappa shape index (κ1) is 19.3. The normalized spacial score (nSPS) is 12.5. The number of hydrogen-bond donors (Lipinski definition) is 1. The van der Waals surface area contributed by atoms with Gasteiger partial charge >= 0.3 is 0 Å².